The van der Waals surface area contributed by atoms with Crippen LogP contribution in [0.1, 0.15) is 5.56 Å². The van der Waals surface area contributed by atoms with Gasteiger partial charge in [0, 0.05) is 25.4 Å². The summed E-state index contributed by atoms with van der Waals surface area (Å²) in [6, 6.07) is 0.835. The number of fused-ring (bicyclic) bond motifs is 6. The molecule has 30 heavy (non-hydrogen) atoms. The Kier molecular flexibility index (Phi) is 4.25. The Hall–Kier alpha value is -1.53. The first kappa shape index (κ1) is 20.4. The van der Waals surface area contributed by atoms with Crippen LogP contribution in [-0.4, -0.2) is 89.1 Å². The molecular formula is C18H20ClN3O6S2. The van der Waals surface area contributed by atoms with Crippen LogP contribution in [0.5, 0.6) is 11.5 Å². The lowest BCUT2D eigenvalue weighted by Crippen LogP contribution is -2.71. The van der Waals surface area contributed by atoms with Gasteiger partial charge in [0.05, 0.1) is 24.9 Å². The third kappa shape index (κ3) is 1.97. The fraction of sp³-hybridized carbons (Fsp3) is 0.556. The van der Waals surface area contributed by atoms with E-state index in [9.17, 15) is 19.8 Å². The molecule has 12 heteroatoms. The Morgan fingerprint density at radius 1 is 1.20 bits per heavy atom. The molecule has 2 N–H and O–H groups in total. The van der Waals surface area contributed by atoms with Crippen LogP contribution in [0.4, 0.5) is 5.69 Å². The number of aliphatic hydroxyl groups is 2. The van der Waals surface area contributed by atoms with E-state index >= 15 is 0 Å². The van der Waals surface area contributed by atoms with Crippen molar-refractivity contribution >= 4 is 50.7 Å². The van der Waals surface area contributed by atoms with Crippen LogP contribution in [0.15, 0.2) is 6.07 Å². The third-order valence-electron chi connectivity index (χ3n) is 6.54. The van der Waals surface area contributed by atoms with E-state index in [-0.39, 0.29) is 28.0 Å². The molecule has 5 atom stereocenters. The molecule has 9 nitrogen and oxygen atoms in total. The maximum Gasteiger partial charge on any atom is 0.263 e. The highest BCUT2D eigenvalue weighted by atomic mass is 35.5. The minimum Gasteiger partial charge on any atom is -0.491 e. The first-order valence-corrected chi connectivity index (χ1v) is 11.9. The topological polar surface area (TPSA) is 103 Å². The molecule has 2 amide bonds. The van der Waals surface area contributed by atoms with Crippen LogP contribution in [0.2, 0.25) is 5.02 Å². The molecule has 4 fully saturated rings. The van der Waals surface area contributed by atoms with Crippen LogP contribution in [0.3, 0.4) is 0 Å². The van der Waals surface area contributed by atoms with Crippen molar-refractivity contribution < 1.29 is 29.3 Å². The number of likely N-dealkylation sites (N-methyl/N-ethyl adjacent to an activating group) is 2. The predicted molar refractivity (Wildman–Crippen MR) is 113 cm³/mol. The third-order valence-corrected chi connectivity index (χ3v) is 9.76. The van der Waals surface area contributed by atoms with Gasteiger partial charge in [0.25, 0.3) is 5.91 Å². The zero-order valence-corrected chi connectivity index (χ0v) is 19.0. The molecule has 162 valence electrons. The molecule has 1 aromatic rings. The fourth-order valence-electron chi connectivity index (χ4n) is 5.18. The summed E-state index contributed by atoms with van der Waals surface area (Å²) in [5.41, 5.74) is -1.23. The first-order chi connectivity index (χ1) is 14.2. The zero-order chi connectivity index (χ0) is 21.7. The van der Waals surface area contributed by atoms with E-state index in [2.05, 4.69) is 0 Å². The standard InChI is InChI=1S/C18H20ClN3O6S2/c1-20-9-6-29-30-18(16(20)25)14(24)17(26)7-5-8(19)11(27-3)12(28-4)10(7)21(2)15(17)22(18)13(9)23/h5,9,14-15,24,26H,6H2,1-4H3. The smallest absolute Gasteiger partial charge is 0.263 e. The summed E-state index contributed by atoms with van der Waals surface area (Å²) in [6.07, 6.45) is -2.61. The first-order valence-electron chi connectivity index (χ1n) is 9.17. The molecule has 1 spiro atoms. The number of amides is 2. The van der Waals surface area contributed by atoms with E-state index < -0.39 is 34.7 Å². The molecule has 0 radical (unpaired) electrons. The van der Waals surface area contributed by atoms with Gasteiger partial charge in [-0.25, -0.2) is 0 Å². The molecule has 5 aliphatic rings. The van der Waals surface area contributed by atoms with Gasteiger partial charge in [0.15, 0.2) is 17.1 Å². The summed E-state index contributed by atoms with van der Waals surface area (Å²) in [5, 5.41) is 23.7. The van der Waals surface area contributed by atoms with Crippen molar-refractivity contribution in [1.29, 1.82) is 0 Å². The number of carbonyl (C=O) groups excluding carboxylic acids is 2. The van der Waals surface area contributed by atoms with Gasteiger partial charge < -0.3 is 29.5 Å². The molecule has 1 aromatic carbocycles. The lowest BCUT2D eigenvalue weighted by Gasteiger charge is -2.47. The number of anilines is 1. The number of benzene rings is 1. The van der Waals surface area contributed by atoms with E-state index in [1.807, 2.05) is 0 Å². The molecule has 5 heterocycles. The normalized spacial score (nSPS) is 36.6. The molecule has 6 rings (SSSR count). The van der Waals surface area contributed by atoms with Gasteiger partial charge in [-0.3, -0.25) is 14.5 Å². The van der Waals surface area contributed by atoms with Gasteiger partial charge in [0.1, 0.15) is 18.3 Å². The van der Waals surface area contributed by atoms with Crippen molar-refractivity contribution in [1.82, 2.24) is 9.80 Å². The van der Waals surface area contributed by atoms with Gasteiger partial charge >= 0.3 is 0 Å². The van der Waals surface area contributed by atoms with Crippen molar-refractivity contribution in [3.05, 3.63) is 16.7 Å². The number of carbonyl (C=O) groups is 2. The van der Waals surface area contributed by atoms with Crippen LogP contribution in [-0.2, 0) is 15.2 Å². The van der Waals surface area contributed by atoms with Crippen LogP contribution in [0, 0.1) is 0 Å². The van der Waals surface area contributed by atoms with Gasteiger partial charge in [-0.1, -0.05) is 33.2 Å². The second-order valence-electron chi connectivity index (χ2n) is 7.74. The number of ether oxygens (including phenoxy) is 2. The van der Waals surface area contributed by atoms with Gasteiger partial charge in [0.2, 0.25) is 10.8 Å². The fourth-order valence-corrected chi connectivity index (χ4v) is 8.81. The maximum atomic E-state index is 13.5. The van der Waals surface area contributed by atoms with Crippen LogP contribution >= 0.6 is 33.2 Å². The monoisotopic (exact) mass is 473 g/mol. The van der Waals surface area contributed by atoms with Crippen molar-refractivity contribution in [3.8, 4) is 11.5 Å². The Bertz CT molecular complexity index is 997. The maximum absolute atomic E-state index is 13.5. The number of nitrogens with zero attached hydrogens (tertiary/aromatic N) is 3. The Labute approximate surface area is 185 Å². The number of halogens is 1. The van der Waals surface area contributed by atoms with Crippen molar-refractivity contribution in [3.63, 3.8) is 0 Å². The molecule has 0 aromatic heterocycles. The minimum atomic E-state index is -1.96. The summed E-state index contributed by atoms with van der Waals surface area (Å²) < 4.78 is 10.9. The molecular weight excluding hydrogens is 454 g/mol. The van der Waals surface area contributed by atoms with E-state index in [0.29, 0.717) is 11.4 Å². The number of aliphatic hydroxyl groups excluding tert-OH is 1. The highest BCUT2D eigenvalue weighted by Gasteiger charge is 2.79. The van der Waals surface area contributed by atoms with Crippen molar-refractivity contribution in [2.75, 3.05) is 39.0 Å². The molecule has 0 saturated carbocycles. The molecule has 4 saturated heterocycles. The number of methoxy groups -OCH3 is 2. The van der Waals surface area contributed by atoms with Crippen molar-refractivity contribution in [2.45, 2.75) is 28.8 Å². The van der Waals surface area contributed by atoms with E-state index in [1.165, 1.54) is 40.9 Å². The minimum absolute atomic E-state index is 0.184. The Balaban J connectivity index is 1.80. The second-order valence-corrected chi connectivity index (χ2v) is 10.7. The van der Waals surface area contributed by atoms with E-state index in [4.69, 9.17) is 21.1 Å². The summed E-state index contributed by atoms with van der Waals surface area (Å²) in [4.78, 5) is 29.6. The number of rotatable bonds is 2. The highest BCUT2D eigenvalue weighted by molar-refractivity contribution is 8.77. The largest absolute Gasteiger partial charge is 0.491 e. The van der Waals surface area contributed by atoms with Gasteiger partial charge in [-0.15, -0.1) is 0 Å². The highest BCUT2D eigenvalue weighted by Crippen LogP contribution is 2.65. The Morgan fingerprint density at radius 2 is 1.87 bits per heavy atom. The quantitative estimate of drug-likeness (QED) is 0.593. The average molecular weight is 474 g/mol. The molecule has 5 aliphatic heterocycles. The average Bonchev–Trinajstić information content (AvgIpc) is 2.91. The van der Waals surface area contributed by atoms with Crippen molar-refractivity contribution in [2.24, 2.45) is 0 Å². The lowest BCUT2D eigenvalue weighted by molar-refractivity contribution is -0.163. The molecule has 2 bridgehead atoms. The van der Waals surface area contributed by atoms with Gasteiger partial charge in [-0.2, -0.15) is 0 Å². The summed E-state index contributed by atoms with van der Waals surface area (Å²) in [6.45, 7) is 0. The number of hydrogen-bond acceptors (Lipinski definition) is 9. The number of piperazine rings is 1. The summed E-state index contributed by atoms with van der Waals surface area (Å²) >= 11 is 6.39. The Morgan fingerprint density at radius 3 is 2.50 bits per heavy atom. The van der Waals surface area contributed by atoms with Crippen LogP contribution < -0.4 is 14.4 Å². The molecule has 5 unspecified atom stereocenters. The lowest BCUT2D eigenvalue weighted by atomic mass is 9.87. The number of hydrogen-bond donors (Lipinski definition) is 2. The SMILES string of the molecule is COc1c(Cl)cc2c(c1OC)N(C)C1N3C(=O)C4CSSC3(C(=O)N4C)C(O)C21O. The summed E-state index contributed by atoms with van der Waals surface area (Å²) in [5.74, 6) is 0.248. The summed E-state index contributed by atoms with van der Waals surface area (Å²) in [7, 11) is 8.61. The predicted octanol–water partition coefficient (Wildman–Crippen LogP) is 0.456. The molecule has 0 aliphatic carbocycles. The second kappa shape index (κ2) is 6.26. The zero-order valence-electron chi connectivity index (χ0n) is 16.6. The van der Waals surface area contributed by atoms with Crippen LogP contribution in [0.25, 0.3) is 0 Å². The van der Waals surface area contributed by atoms with E-state index in [0.717, 1.165) is 10.8 Å². The van der Waals surface area contributed by atoms with E-state index in [1.54, 1.807) is 19.0 Å². The van der Waals surface area contributed by atoms with Gasteiger partial charge in [-0.05, 0) is 6.07 Å².